The van der Waals surface area contributed by atoms with Gasteiger partial charge < -0.3 is 19.3 Å². The van der Waals surface area contributed by atoms with Gasteiger partial charge in [0.25, 0.3) is 0 Å². The number of hydrogen-bond donors (Lipinski definition) is 0. The van der Waals surface area contributed by atoms with Crippen molar-refractivity contribution in [3.05, 3.63) is 29.8 Å². The first-order valence-electron chi connectivity index (χ1n) is 8.50. The number of carbonyl (C=O) groups is 1. The highest BCUT2D eigenvalue weighted by molar-refractivity contribution is 5.76. The number of carbonyl (C=O) groups excluding carboxylic acids is 1. The molecule has 0 unspecified atom stereocenters. The molecule has 2 heterocycles. The highest BCUT2D eigenvalue weighted by atomic mass is 16.6. The summed E-state index contributed by atoms with van der Waals surface area (Å²) in [5.41, 5.74) is 2.42. The standard InChI is InChI=1S/C18H26N2O3/c1-3-22-18(21)17-16(8-13-23-17)14-4-6-15(7-5-14)20-11-9-19(2)10-12-20/h4-7,16-17H,3,8-13H2,1-2H3/t16-,17-/m1/s1. The van der Waals surface area contributed by atoms with Crippen molar-refractivity contribution in [2.45, 2.75) is 25.4 Å². The van der Waals surface area contributed by atoms with Crippen molar-refractivity contribution in [3.8, 4) is 0 Å². The number of esters is 1. The summed E-state index contributed by atoms with van der Waals surface area (Å²) in [6.45, 7) is 7.17. The second kappa shape index (κ2) is 7.32. The number of likely N-dealkylation sites (N-methyl/N-ethyl adjacent to an activating group) is 1. The van der Waals surface area contributed by atoms with Crippen LogP contribution < -0.4 is 4.90 Å². The molecule has 0 amide bonds. The van der Waals surface area contributed by atoms with Crippen LogP contribution in [0.15, 0.2) is 24.3 Å². The lowest BCUT2D eigenvalue weighted by atomic mass is 9.92. The fraction of sp³-hybridized carbons (Fsp3) is 0.611. The lowest BCUT2D eigenvalue weighted by molar-refractivity contribution is -0.154. The summed E-state index contributed by atoms with van der Waals surface area (Å²) in [5, 5.41) is 0. The Morgan fingerprint density at radius 1 is 1.22 bits per heavy atom. The maximum absolute atomic E-state index is 12.0. The number of hydrogen-bond acceptors (Lipinski definition) is 5. The third kappa shape index (κ3) is 3.67. The van der Waals surface area contributed by atoms with E-state index in [-0.39, 0.29) is 11.9 Å². The van der Waals surface area contributed by atoms with Crippen LogP contribution in [0.4, 0.5) is 5.69 Å². The Morgan fingerprint density at radius 3 is 2.57 bits per heavy atom. The number of ether oxygens (including phenoxy) is 2. The molecule has 2 fully saturated rings. The van der Waals surface area contributed by atoms with E-state index in [0.29, 0.717) is 13.2 Å². The summed E-state index contributed by atoms with van der Waals surface area (Å²) >= 11 is 0. The Balaban J connectivity index is 1.68. The Kier molecular flexibility index (Phi) is 5.18. The van der Waals surface area contributed by atoms with Crippen LogP contribution in [0, 0.1) is 0 Å². The highest BCUT2D eigenvalue weighted by Gasteiger charge is 2.36. The van der Waals surface area contributed by atoms with Gasteiger partial charge in [0.1, 0.15) is 0 Å². The summed E-state index contributed by atoms with van der Waals surface area (Å²) in [4.78, 5) is 16.8. The van der Waals surface area contributed by atoms with Gasteiger partial charge >= 0.3 is 5.97 Å². The summed E-state index contributed by atoms with van der Waals surface area (Å²) < 4.78 is 10.7. The molecule has 1 aromatic carbocycles. The van der Waals surface area contributed by atoms with Gasteiger partial charge in [0, 0.05) is 44.4 Å². The van der Waals surface area contributed by atoms with Crippen LogP contribution >= 0.6 is 0 Å². The van der Waals surface area contributed by atoms with E-state index in [1.165, 1.54) is 11.3 Å². The third-order valence-electron chi connectivity index (χ3n) is 4.80. The molecule has 2 atom stereocenters. The predicted octanol–water partition coefficient (Wildman–Crippen LogP) is 1.87. The van der Waals surface area contributed by atoms with Crippen molar-refractivity contribution in [3.63, 3.8) is 0 Å². The number of rotatable bonds is 4. The summed E-state index contributed by atoms with van der Waals surface area (Å²) in [7, 11) is 2.16. The van der Waals surface area contributed by atoms with Gasteiger partial charge in [-0.1, -0.05) is 12.1 Å². The minimum Gasteiger partial charge on any atom is -0.464 e. The average molecular weight is 318 g/mol. The van der Waals surface area contributed by atoms with Gasteiger partial charge in [-0.05, 0) is 38.1 Å². The lowest BCUT2D eigenvalue weighted by Crippen LogP contribution is -2.44. The van der Waals surface area contributed by atoms with Crippen LogP contribution in [-0.4, -0.2) is 63.4 Å². The van der Waals surface area contributed by atoms with E-state index >= 15 is 0 Å². The minimum atomic E-state index is -0.454. The highest BCUT2D eigenvalue weighted by Crippen LogP contribution is 2.33. The third-order valence-corrected chi connectivity index (χ3v) is 4.80. The van der Waals surface area contributed by atoms with E-state index in [0.717, 1.165) is 32.6 Å². The van der Waals surface area contributed by atoms with Crippen LogP contribution in [0.3, 0.4) is 0 Å². The predicted molar refractivity (Wildman–Crippen MR) is 89.9 cm³/mol. The van der Waals surface area contributed by atoms with Crippen molar-refractivity contribution in [2.75, 3.05) is 51.3 Å². The molecule has 0 spiro atoms. The molecule has 0 aliphatic carbocycles. The minimum absolute atomic E-state index is 0.107. The van der Waals surface area contributed by atoms with E-state index in [1.54, 1.807) is 0 Å². The van der Waals surface area contributed by atoms with Crippen molar-refractivity contribution < 1.29 is 14.3 Å². The van der Waals surface area contributed by atoms with Crippen molar-refractivity contribution in [1.82, 2.24) is 4.90 Å². The SMILES string of the molecule is CCOC(=O)[C@@H]1OCC[C@@H]1c1ccc(N2CCN(C)CC2)cc1. The number of anilines is 1. The molecule has 2 aliphatic heterocycles. The molecule has 0 saturated carbocycles. The van der Waals surface area contributed by atoms with Crippen LogP contribution in [0.25, 0.3) is 0 Å². The van der Waals surface area contributed by atoms with Crippen molar-refractivity contribution in [1.29, 1.82) is 0 Å². The van der Waals surface area contributed by atoms with Crippen LogP contribution in [0.2, 0.25) is 0 Å². The lowest BCUT2D eigenvalue weighted by Gasteiger charge is -2.34. The van der Waals surface area contributed by atoms with E-state index < -0.39 is 6.10 Å². The zero-order valence-electron chi connectivity index (χ0n) is 14.0. The largest absolute Gasteiger partial charge is 0.464 e. The van der Waals surface area contributed by atoms with Gasteiger partial charge in [0.2, 0.25) is 0 Å². The Bertz CT molecular complexity index is 524. The fourth-order valence-corrected chi connectivity index (χ4v) is 3.38. The summed E-state index contributed by atoms with van der Waals surface area (Å²) in [6.07, 6.45) is 0.418. The molecule has 0 bridgehead atoms. The molecular formula is C18H26N2O3. The van der Waals surface area contributed by atoms with Gasteiger partial charge in [-0.25, -0.2) is 4.79 Å². The van der Waals surface area contributed by atoms with E-state index in [1.807, 2.05) is 6.92 Å². The summed E-state index contributed by atoms with van der Waals surface area (Å²) in [6, 6.07) is 8.61. The maximum atomic E-state index is 12.0. The quantitative estimate of drug-likeness (QED) is 0.793. The van der Waals surface area contributed by atoms with Gasteiger partial charge in [0.05, 0.1) is 6.61 Å². The van der Waals surface area contributed by atoms with E-state index in [2.05, 4.69) is 41.1 Å². The Morgan fingerprint density at radius 2 is 1.91 bits per heavy atom. The first-order valence-corrected chi connectivity index (χ1v) is 8.50. The molecule has 3 rings (SSSR count). The number of benzene rings is 1. The second-order valence-corrected chi connectivity index (χ2v) is 6.32. The fourth-order valence-electron chi connectivity index (χ4n) is 3.38. The second-order valence-electron chi connectivity index (χ2n) is 6.32. The first kappa shape index (κ1) is 16.3. The molecular weight excluding hydrogens is 292 g/mol. The molecule has 5 nitrogen and oxygen atoms in total. The van der Waals surface area contributed by atoms with Crippen molar-refractivity contribution in [2.24, 2.45) is 0 Å². The molecule has 0 aromatic heterocycles. The van der Waals surface area contributed by atoms with Crippen molar-refractivity contribution >= 4 is 11.7 Å². The molecule has 5 heteroatoms. The topological polar surface area (TPSA) is 42.0 Å². The zero-order valence-corrected chi connectivity index (χ0v) is 14.0. The molecule has 23 heavy (non-hydrogen) atoms. The van der Waals surface area contributed by atoms with Crippen LogP contribution in [-0.2, 0) is 14.3 Å². The first-order chi connectivity index (χ1) is 11.2. The van der Waals surface area contributed by atoms with E-state index in [4.69, 9.17) is 9.47 Å². The number of nitrogens with zero attached hydrogens (tertiary/aromatic N) is 2. The molecule has 1 aromatic rings. The number of piperazine rings is 1. The molecule has 2 saturated heterocycles. The molecule has 2 aliphatic rings. The summed E-state index contributed by atoms with van der Waals surface area (Å²) in [5.74, 6) is -0.131. The van der Waals surface area contributed by atoms with Gasteiger partial charge in [-0.3, -0.25) is 0 Å². The Labute approximate surface area is 138 Å². The van der Waals surface area contributed by atoms with E-state index in [9.17, 15) is 4.79 Å². The molecule has 0 radical (unpaired) electrons. The normalized spacial score (nSPS) is 25.6. The smallest absolute Gasteiger partial charge is 0.335 e. The van der Waals surface area contributed by atoms with Gasteiger partial charge in [-0.15, -0.1) is 0 Å². The molecule has 126 valence electrons. The Hall–Kier alpha value is -1.59. The van der Waals surface area contributed by atoms with Crippen LogP contribution in [0.5, 0.6) is 0 Å². The maximum Gasteiger partial charge on any atom is 0.335 e. The van der Waals surface area contributed by atoms with Crippen LogP contribution in [0.1, 0.15) is 24.8 Å². The average Bonchev–Trinajstić information content (AvgIpc) is 3.06. The zero-order chi connectivity index (χ0) is 16.2. The molecule has 0 N–H and O–H groups in total. The van der Waals surface area contributed by atoms with Gasteiger partial charge in [-0.2, -0.15) is 0 Å². The monoisotopic (exact) mass is 318 g/mol. The van der Waals surface area contributed by atoms with Gasteiger partial charge in [0.15, 0.2) is 6.10 Å².